The Morgan fingerprint density at radius 3 is 2.62 bits per heavy atom. The van der Waals surface area contributed by atoms with E-state index >= 15 is 0 Å². The maximum absolute atomic E-state index is 11.6. The molecule has 2 heterocycles. The first kappa shape index (κ1) is 14.3. The van der Waals surface area contributed by atoms with Crippen LogP contribution in [0.25, 0.3) is 0 Å². The maximum atomic E-state index is 11.6. The number of morpholine rings is 1. The first-order chi connectivity index (χ1) is 10.0. The third-order valence-corrected chi connectivity index (χ3v) is 4.23. The predicted molar refractivity (Wildman–Crippen MR) is 80.1 cm³/mol. The molecule has 0 bridgehead atoms. The molecule has 0 radical (unpaired) electrons. The van der Waals surface area contributed by atoms with Gasteiger partial charge < -0.3 is 14.7 Å². The summed E-state index contributed by atoms with van der Waals surface area (Å²) in [6.45, 7) is 5.41. The van der Waals surface area contributed by atoms with Gasteiger partial charge in [-0.15, -0.1) is 0 Å². The van der Waals surface area contributed by atoms with E-state index in [1.54, 1.807) is 0 Å². The smallest absolute Gasteiger partial charge is 0.339 e. The van der Waals surface area contributed by atoms with Crippen LogP contribution in [0.4, 0.5) is 5.82 Å². The molecule has 1 aliphatic carbocycles. The van der Waals surface area contributed by atoms with Crippen LogP contribution in [-0.2, 0) is 17.6 Å². The molecule has 0 amide bonds. The maximum Gasteiger partial charge on any atom is 0.339 e. The zero-order chi connectivity index (χ0) is 15.0. The number of rotatable bonds is 2. The number of ether oxygens (including phenoxy) is 1. The van der Waals surface area contributed by atoms with Crippen LogP contribution in [0.5, 0.6) is 0 Å². The molecule has 2 aliphatic rings. The van der Waals surface area contributed by atoms with Gasteiger partial charge in [-0.1, -0.05) is 0 Å². The summed E-state index contributed by atoms with van der Waals surface area (Å²) in [5.74, 6) is -0.275. The number of nitrogens with zero attached hydrogens (tertiary/aromatic N) is 2. The van der Waals surface area contributed by atoms with Gasteiger partial charge in [-0.25, -0.2) is 9.78 Å². The fourth-order valence-corrected chi connectivity index (χ4v) is 3.37. The number of aromatic nitrogens is 1. The molecule has 0 saturated carbocycles. The van der Waals surface area contributed by atoms with Crippen LogP contribution >= 0.6 is 0 Å². The topological polar surface area (TPSA) is 62.7 Å². The molecular formula is C16H22N2O3. The number of aromatic carboxylic acids is 1. The van der Waals surface area contributed by atoms with Gasteiger partial charge in [-0.2, -0.15) is 0 Å². The molecule has 0 spiro atoms. The van der Waals surface area contributed by atoms with Gasteiger partial charge in [-0.05, 0) is 51.2 Å². The van der Waals surface area contributed by atoms with Gasteiger partial charge in [0.1, 0.15) is 11.4 Å². The molecule has 5 heteroatoms. The van der Waals surface area contributed by atoms with Crippen molar-refractivity contribution < 1.29 is 14.6 Å². The minimum Gasteiger partial charge on any atom is -0.478 e. The molecule has 3 rings (SSSR count). The van der Waals surface area contributed by atoms with E-state index in [1.165, 1.54) is 0 Å². The molecule has 5 nitrogen and oxygen atoms in total. The highest BCUT2D eigenvalue weighted by Crippen LogP contribution is 2.28. The van der Waals surface area contributed by atoms with Crippen molar-refractivity contribution in [2.24, 2.45) is 0 Å². The first-order valence-corrected chi connectivity index (χ1v) is 7.71. The van der Waals surface area contributed by atoms with Gasteiger partial charge >= 0.3 is 5.97 Å². The Bertz CT molecular complexity index is 549. The van der Waals surface area contributed by atoms with Crippen molar-refractivity contribution in [2.45, 2.75) is 51.7 Å². The van der Waals surface area contributed by atoms with Gasteiger partial charge in [0.2, 0.25) is 0 Å². The van der Waals surface area contributed by atoms with Crippen LogP contribution < -0.4 is 4.90 Å². The summed E-state index contributed by atoms with van der Waals surface area (Å²) in [5, 5.41) is 9.53. The van der Waals surface area contributed by atoms with Crippen molar-refractivity contribution in [3.63, 3.8) is 0 Å². The number of pyridine rings is 1. The lowest BCUT2D eigenvalue weighted by Crippen LogP contribution is -2.46. The van der Waals surface area contributed by atoms with Gasteiger partial charge in [0.15, 0.2) is 0 Å². The molecule has 1 fully saturated rings. The highest BCUT2D eigenvalue weighted by atomic mass is 16.5. The number of hydrogen-bond donors (Lipinski definition) is 1. The number of anilines is 1. The molecule has 1 aromatic rings. The minimum atomic E-state index is -0.891. The summed E-state index contributed by atoms with van der Waals surface area (Å²) in [6, 6.07) is 1.84. The van der Waals surface area contributed by atoms with Crippen molar-refractivity contribution in [3.05, 3.63) is 22.9 Å². The second-order valence-electron chi connectivity index (χ2n) is 6.14. The summed E-state index contributed by atoms with van der Waals surface area (Å²) in [7, 11) is 0. The molecule has 0 unspecified atom stereocenters. The molecule has 2 atom stereocenters. The van der Waals surface area contributed by atoms with Crippen molar-refractivity contribution in [1.29, 1.82) is 0 Å². The molecule has 1 N–H and O–H groups in total. The number of aryl methyl sites for hydroxylation is 2. The van der Waals surface area contributed by atoms with Gasteiger partial charge in [0.25, 0.3) is 0 Å². The van der Waals surface area contributed by atoms with Crippen LogP contribution in [0.15, 0.2) is 6.07 Å². The fraction of sp³-hybridized carbons (Fsp3) is 0.625. The average molecular weight is 290 g/mol. The summed E-state index contributed by atoms with van der Waals surface area (Å²) in [6.07, 6.45) is 4.35. The molecular weight excluding hydrogens is 268 g/mol. The predicted octanol–water partition coefficient (Wildman–Crippen LogP) is 2.27. The zero-order valence-corrected chi connectivity index (χ0v) is 12.6. The molecule has 114 valence electrons. The van der Waals surface area contributed by atoms with Crippen LogP contribution in [0.1, 0.15) is 48.3 Å². The molecule has 21 heavy (non-hydrogen) atoms. The second-order valence-corrected chi connectivity index (χ2v) is 6.14. The van der Waals surface area contributed by atoms with Gasteiger partial charge in [-0.3, -0.25) is 0 Å². The monoisotopic (exact) mass is 290 g/mol. The van der Waals surface area contributed by atoms with E-state index in [-0.39, 0.29) is 12.2 Å². The highest BCUT2D eigenvalue weighted by Gasteiger charge is 2.28. The lowest BCUT2D eigenvalue weighted by molar-refractivity contribution is -0.00558. The quantitative estimate of drug-likeness (QED) is 0.905. The Morgan fingerprint density at radius 2 is 1.95 bits per heavy atom. The van der Waals surface area contributed by atoms with Crippen LogP contribution in [0.2, 0.25) is 0 Å². The summed E-state index contributed by atoms with van der Waals surface area (Å²) >= 11 is 0. The SMILES string of the molecule is C[C@@H]1CN(c2nc3c(cc2C(=O)O)CCCC3)C[C@H](C)O1. The standard InChI is InChI=1S/C16H22N2O3/c1-10-8-18(9-11(2)21-10)15-13(16(19)20)7-12-5-3-4-6-14(12)17-15/h7,10-11H,3-6,8-9H2,1-2H3,(H,19,20)/t10-,11+. The largest absolute Gasteiger partial charge is 0.478 e. The van der Waals surface area contributed by atoms with Crippen molar-refractivity contribution in [1.82, 2.24) is 4.98 Å². The summed E-state index contributed by atoms with van der Waals surface area (Å²) in [5.41, 5.74) is 2.52. The van der Waals surface area contributed by atoms with E-state index in [0.29, 0.717) is 24.5 Å². The van der Waals surface area contributed by atoms with Gasteiger partial charge in [0.05, 0.1) is 12.2 Å². The normalized spacial score (nSPS) is 25.5. The Kier molecular flexibility index (Phi) is 3.85. The Morgan fingerprint density at radius 1 is 1.29 bits per heavy atom. The van der Waals surface area contributed by atoms with Crippen molar-refractivity contribution >= 4 is 11.8 Å². The molecule has 1 aromatic heterocycles. The van der Waals surface area contributed by atoms with E-state index in [4.69, 9.17) is 9.72 Å². The lowest BCUT2D eigenvalue weighted by atomic mass is 9.94. The minimum absolute atomic E-state index is 0.0910. The van der Waals surface area contributed by atoms with Crippen LogP contribution in [0, 0.1) is 0 Å². The van der Waals surface area contributed by atoms with Gasteiger partial charge in [0, 0.05) is 18.8 Å². The third-order valence-electron chi connectivity index (χ3n) is 4.23. The van der Waals surface area contributed by atoms with Crippen LogP contribution in [-0.4, -0.2) is 41.4 Å². The fourth-order valence-electron chi connectivity index (χ4n) is 3.37. The van der Waals surface area contributed by atoms with E-state index < -0.39 is 5.97 Å². The van der Waals surface area contributed by atoms with E-state index in [0.717, 1.165) is 36.9 Å². The number of hydrogen-bond acceptors (Lipinski definition) is 4. The molecule has 0 aromatic carbocycles. The van der Waals surface area contributed by atoms with Crippen molar-refractivity contribution in [2.75, 3.05) is 18.0 Å². The second kappa shape index (κ2) is 5.64. The Labute approximate surface area is 124 Å². The Hall–Kier alpha value is -1.62. The zero-order valence-electron chi connectivity index (χ0n) is 12.6. The van der Waals surface area contributed by atoms with Crippen LogP contribution in [0.3, 0.4) is 0 Å². The third kappa shape index (κ3) is 2.88. The molecule has 1 saturated heterocycles. The molecule has 1 aliphatic heterocycles. The van der Waals surface area contributed by atoms with E-state index in [1.807, 2.05) is 19.9 Å². The number of fused-ring (bicyclic) bond motifs is 1. The highest BCUT2D eigenvalue weighted by molar-refractivity contribution is 5.93. The van der Waals surface area contributed by atoms with Crippen molar-refractivity contribution in [3.8, 4) is 0 Å². The number of carbonyl (C=O) groups is 1. The average Bonchev–Trinajstić information content (AvgIpc) is 2.44. The summed E-state index contributed by atoms with van der Waals surface area (Å²) < 4.78 is 5.73. The van der Waals surface area contributed by atoms with E-state index in [2.05, 4.69) is 4.90 Å². The summed E-state index contributed by atoms with van der Waals surface area (Å²) in [4.78, 5) is 18.4. The first-order valence-electron chi connectivity index (χ1n) is 7.71. The number of carboxylic acids is 1. The number of carboxylic acid groups (broad SMARTS) is 1. The lowest BCUT2D eigenvalue weighted by Gasteiger charge is -2.37. The van der Waals surface area contributed by atoms with E-state index in [9.17, 15) is 9.90 Å². The Balaban J connectivity index is 2.01.